The number of ether oxygens (including phenoxy) is 14. The highest BCUT2D eigenvalue weighted by molar-refractivity contribution is 8.07. The Balaban J connectivity index is 0.000000450. The lowest BCUT2D eigenvalue weighted by Crippen LogP contribution is -2.45. The van der Waals surface area contributed by atoms with Crippen LogP contribution in [0.1, 0.15) is 210 Å². The van der Waals surface area contributed by atoms with E-state index in [1.807, 2.05) is 152 Å². The summed E-state index contributed by atoms with van der Waals surface area (Å²) in [5.41, 5.74) is 2.42. The number of unbranched alkanes of at least 4 members (excludes halogenated alkanes) is 2. The first-order chi connectivity index (χ1) is 61.4. The average Bonchev–Trinajstić information content (AvgIpc) is 0.811. The van der Waals surface area contributed by atoms with Crippen LogP contribution in [0.2, 0.25) is 5.02 Å². The Hall–Kier alpha value is -3.90. The molecule has 30 nitrogen and oxygen atoms in total. The Bertz CT molecular complexity index is 3980. The van der Waals surface area contributed by atoms with E-state index in [0.29, 0.717) is 109 Å². The molecule has 744 valence electrons. The van der Waals surface area contributed by atoms with Crippen molar-refractivity contribution < 1.29 is 125 Å². The molecule has 0 aromatic heterocycles. The Kier molecular flexibility index (Phi) is 58.8. The van der Waals surface area contributed by atoms with E-state index >= 15 is 0 Å². The number of rotatable bonds is 61. The summed E-state index contributed by atoms with van der Waals surface area (Å²) in [5.74, 6) is 2.07. The molecule has 0 spiro atoms. The number of carbonyl (C=O) groups excluding carboxylic acids is 1. The van der Waals surface area contributed by atoms with E-state index in [0.717, 1.165) is 54.0 Å². The summed E-state index contributed by atoms with van der Waals surface area (Å²) >= 11 is 17.5. The quantitative estimate of drug-likeness (QED) is 0.0107. The predicted octanol–water partition coefficient (Wildman–Crippen LogP) is 21.0. The van der Waals surface area contributed by atoms with Gasteiger partial charge in [0, 0.05) is 77.2 Å². The van der Waals surface area contributed by atoms with Crippen LogP contribution in [0.4, 0.5) is 0 Å². The van der Waals surface area contributed by atoms with Gasteiger partial charge in [0.05, 0.1) is 152 Å². The van der Waals surface area contributed by atoms with E-state index in [-0.39, 0.29) is 75.7 Å². The molecule has 0 bridgehead atoms. The van der Waals surface area contributed by atoms with Gasteiger partial charge in [-0.15, -0.1) is 0 Å². The Morgan fingerprint density at radius 3 is 1.55 bits per heavy atom. The van der Waals surface area contributed by atoms with Crippen molar-refractivity contribution in [2.75, 3.05) is 168 Å². The van der Waals surface area contributed by atoms with Gasteiger partial charge >= 0.3 is 34.9 Å². The molecule has 5 aromatic rings. The summed E-state index contributed by atoms with van der Waals surface area (Å²) in [6, 6.07) is 42.1. The summed E-state index contributed by atoms with van der Waals surface area (Å²) in [6.45, 7) is 38.5. The van der Waals surface area contributed by atoms with Crippen molar-refractivity contribution in [1.29, 1.82) is 0 Å². The molecule has 1 fully saturated rings. The number of hydrogen-bond acceptors (Lipinski definition) is 30. The predicted molar refractivity (Wildman–Crippen MR) is 519 cm³/mol. The van der Waals surface area contributed by atoms with Gasteiger partial charge in [-0.1, -0.05) is 110 Å². The first-order valence-electron chi connectivity index (χ1n) is 44.4. The molecule has 5 aromatic carbocycles. The summed E-state index contributed by atoms with van der Waals surface area (Å²) in [6.07, 6.45) is 2.71. The SMILES string of the molecule is CCOCC(C)COP(=S)(OCCOc1ccc(C(OC)OC)c(Cl)c1)OC(C)(C)C.CCOCCOCCOCCOP(=O)(NC(C)CCC(=O)OC)OC(C)(C)C.COCCC(C)OP(=S)(OCCOCC1COC(c2ccc(OC)cc2)O1)OC(C)(C)C.COc1ccc(C(NCCCCCNP(=O)(OC(C)C)OC(C)(C)C)(c2ccccc2)c2ccccc2)cc1. The van der Waals surface area contributed by atoms with Crippen molar-refractivity contribution in [3.63, 3.8) is 0 Å². The van der Waals surface area contributed by atoms with Crippen LogP contribution < -0.4 is 29.7 Å². The summed E-state index contributed by atoms with van der Waals surface area (Å²) in [5, 5.41) is 10.3. The van der Waals surface area contributed by atoms with Crippen LogP contribution in [0.3, 0.4) is 0 Å². The highest BCUT2D eigenvalue weighted by Crippen LogP contribution is 2.56. The molecule has 9 unspecified atom stereocenters. The molecule has 1 saturated heterocycles. The van der Waals surface area contributed by atoms with Gasteiger partial charge in [0.2, 0.25) is 0 Å². The maximum Gasteiger partial charge on any atom is 0.406 e. The highest BCUT2D eigenvalue weighted by atomic mass is 35.5. The standard InChI is InChI=1S/C32H45N2O4P.C22H37O8PS.C21H36ClO7PS.C18H38NO8P/c1-26(2)37-39(35,38-31(3,4)5)34-25-15-9-14-24-33-32(27-16-10-7-11-17-27,28-18-12-8-13-19-28)29-20-22-30(36-6)23-21-29;1-17(11-12-23-5)29-31(32,30-22(2,3)4)27-14-13-25-15-20-16-26-21(28-20)18-7-9-19(24-6)10-8-18;1-8-25-14-16(2)15-28-30(31,29-21(3,4)5)27-12-11-26-17-9-10-18(19(22)13-17)20(23-6)24-7;1-7-23-10-11-24-12-13-25-14-15-26-28(21,27-18(3,4)5)19-16(2)8-9-17(20)22-6/h7-8,10-13,16-23,26,33H,9,14-15,24-25H2,1-6H3,(H,34,35);7-10,17,20-21H,11-16H2,1-6H3;9-10,13,16,20H,8,11-12,14-15H2,1-7H3;16H,7-15H2,1-6H3,(H,19,21). The van der Waals surface area contributed by atoms with E-state index in [1.54, 1.807) is 81.4 Å². The van der Waals surface area contributed by atoms with Crippen LogP contribution in [0, 0.1) is 5.92 Å². The van der Waals surface area contributed by atoms with Crippen LogP contribution in [-0.4, -0.2) is 221 Å². The lowest BCUT2D eigenvalue weighted by atomic mass is 9.77. The van der Waals surface area contributed by atoms with Crippen LogP contribution in [-0.2, 0) is 140 Å². The Labute approximate surface area is 792 Å². The zero-order chi connectivity index (χ0) is 96.9. The first kappa shape index (κ1) is 120. The number of carbonyl (C=O) groups is 1. The molecule has 0 saturated carbocycles. The van der Waals surface area contributed by atoms with Gasteiger partial charge < -0.3 is 93.5 Å². The molecule has 3 N–H and O–H groups in total. The fourth-order valence-corrected chi connectivity index (χ4v) is 21.7. The van der Waals surface area contributed by atoms with E-state index < -0.39 is 69.5 Å². The molecule has 6 rings (SSSR count). The molecular weight excluding hydrogens is 1810 g/mol. The molecular formula is C93H156ClN3O27P4S2. The van der Waals surface area contributed by atoms with Gasteiger partial charge in [-0.05, 0) is 240 Å². The minimum atomic E-state index is -3.57. The fraction of sp³-hybridized carbons (Fsp3) is 0.667. The topological polar surface area (TPSA) is 309 Å². The van der Waals surface area contributed by atoms with Gasteiger partial charge in [0.15, 0.2) is 12.6 Å². The molecule has 0 aliphatic carbocycles. The molecule has 37 heteroatoms. The monoisotopic (exact) mass is 1970 g/mol. The number of benzene rings is 5. The van der Waals surface area contributed by atoms with Crippen LogP contribution >= 0.6 is 40.5 Å². The second-order valence-corrected chi connectivity index (χ2v) is 44.0. The normalized spacial score (nSPS) is 16.4. The van der Waals surface area contributed by atoms with Crippen molar-refractivity contribution >= 4 is 70.1 Å². The molecule has 1 aliphatic rings. The van der Waals surface area contributed by atoms with Gasteiger partial charge in [-0.3, -0.25) is 28.2 Å². The molecule has 9 atom stereocenters. The van der Waals surface area contributed by atoms with Crippen LogP contribution in [0.25, 0.3) is 0 Å². The second-order valence-electron chi connectivity index (χ2n) is 34.4. The van der Waals surface area contributed by atoms with E-state index in [2.05, 4.69) is 80.9 Å². The summed E-state index contributed by atoms with van der Waals surface area (Å²) in [7, 11) is 2.46. The smallest absolute Gasteiger partial charge is 0.406 e. The van der Waals surface area contributed by atoms with E-state index in [9.17, 15) is 13.9 Å². The zero-order valence-corrected chi connectivity index (χ0v) is 87.8. The van der Waals surface area contributed by atoms with Crippen molar-refractivity contribution in [2.45, 2.75) is 235 Å². The Morgan fingerprint density at radius 1 is 0.515 bits per heavy atom. The maximum absolute atomic E-state index is 13.2. The fourth-order valence-electron chi connectivity index (χ4n) is 12.0. The van der Waals surface area contributed by atoms with Gasteiger partial charge in [0.25, 0.3) is 0 Å². The lowest BCUT2D eigenvalue weighted by Gasteiger charge is -2.37. The van der Waals surface area contributed by atoms with Crippen LogP contribution in [0.15, 0.2) is 127 Å². The number of hydrogen-bond donors (Lipinski definition) is 3. The maximum atomic E-state index is 13.2. The molecule has 1 aliphatic heterocycles. The number of esters is 1. The molecule has 130 heavy (non-hydrogen) atoms. The minimum Gasteiger partial charge on any atom is -0.497 e. The van der Waals surface area contributed by atoms with Gasteiger partial charge in [-0.2, -0.15) is 0 Å². The zero-order valence-electron chi connectivity index (χ0n) is 81.8. The van der Waals surface area contributed by atoms with Crippen molar-refractivity contribution in [3.05, 3.63) is 160 Å². The number of halogens is 1. The number of nitrogens with one attached hydrogen (secondary N) is 3. The molecule has 1 heterocycles. The first-order valence-corrected chi connectivity index (χ1v) is 53.0. The third-order valence-corrected chi connectivity index (χ3v) is 27.3. The average molecular weight is 1970 g/mol. The van der Waals surface area contributed by atoms with E-state index in [1.165, 1.54) is 18.2 Å². The van der Waals surface area contributed by atoms with Crippen molar-refractivity contribution in [1.82, 2.24) is 15.5 Å². The van der Waals surface area contributed by atoms with E-state index in [4.69, 9.17) is 142 Å². The largest absolute Gasteiger partial charge is 0.497 e. The van der Waals surface area contributed by atoms with Crippen LogP contribution in [0.5, 0.6) is 17.2 Å². The molecule has 0 radical (unpaired) electrons. The second kappa shape index (κ2) is 63.6. The highest BCUT2D eigenvalue weighted by Gasteiger charge is 2.39. The minimum absolute atomic E-state index is 0.100. The lowest BCUT2D eigenvalue weighted by molar-refractivity contribution is -0.140. The summed E-state index contributed by atoms with van der Waals surface area (Å²) in [4.78, 5) is 11.3. The third-order valence-electron chi connectivity index (χ3n) is 17.6. The third kappa shape index (κ3) is 52.0. The number of methoxy groups -OCH3 is 6. The molecule has 0 amide bonds. The van der Waals surface area contributed by atoms with Crippen molar-refractivity contribution in [2.24, 2.45) is 5.92 Å². The van der Waals surface area contributed by atoms with Gasteiger partial charge in [0.1, 0.15) is 30.0 Å². The van der Waals surface area contributed by atoms with Gasteiger partial charge in [-0.25, -0.2) is 19.3 Å². The Morgan fingerprint density at radius 2 is 1.02 bits per heavy atom. The van der Waals surface area contributed by atoms with Crippen molar-refractivity contribution in [3.8, 4) is 17.2 Å². The summed E-state index contributed by atoms with van der Waals surface area (Å²) < 4.78 is 160.